The van der Waals surface area contributed by atoms with E-state index >= 15 is 0 Å². The summed E-state index contributed by atoms with van der Waals surface area (Å²) in [6.45, 7) is 4.78. The average molecular weight is 375 g/mol. The summed E-state index contributed by atoms with van der Waals surface area (Å²) in [7, 11) is 0. The first kappa shape index (κ1) is 20.0. The van der Waals surface area contributed by atoms with E-state index in [1.54, 1.807) is 24.3 Å². The molecule has 9 heteroatoms. The van der Waals surface area contributed by atoms with E-state index in [0.29, 0.717) is 17.9 Å². The minimum Gasteiger partial charge on any atom is -0.489 e. The van der Waals surface area contributed by atoms with E-state index in [0.717, 1.165) is 17.0 Å². The molecule has 0 radical (unpaired) electrons. The summed E-state index contributed by atoms with van der Waals surface area (Å²) in [4.78, 5) is 33.7. The molecule has 9 nitrogen and oxygen atoms in total. The summed E-state index contributed by atoms with van der Waals surface area (Å²) in [6, 6.07) is 6.96. The lowest BCUT2D eigenvalue weighted by Crippen LogP contribution is -2.42. The number of nitrogens with one attached hydrogen (secondary N) is 2. The molecule has 0 aliphatic rings. The summed E-state index contributed by atoms with van der Waals surface area (Å²) in [5, 5.41) is 3.87. The normalized spacial score (nSPS) is 10.2. The number of esters is 1. The van der Waals surface area contributed by atoms with Crippen LogP contribution < -0.4 is 15.6 Å². The van der Waals surface area contributed by atoms with Gasteiger partial charge in [0.05, 0.1) is 17.7 Å². The average Bonchev–Trinajstić information content (AvgIpc) is 2.95. The van der Waals surface area contributed by atoms with Crippen LogP contribution >= 0.6 is 0 Å². The molecule has 0 aliphatic carbocycles. The molecule has 0 aliphatic heterocycles. The van der Waals surface area contributed by atoms with Crippen molar-refractivity contribution in [1.82, 2.24) is 16.0 Å². The predicted molar refractivity (Wildman–Crippen MR) is 93.4 cm³/mol. The topological polar surface area (TPSA) is 120 Å². The third-order valence-corrected chi connectivity index (χ3v) is 3.58. The fourth-order valence-corrected chi connectivity index (χ4v) is 2.12. The lowest BCUT2D eigenvalue weighted by molar-refractivity contribution is -0.148. The molecule has 0 fully saturated rings. The molecule has 27 heavy (non-hydrogen) atoms. The Kier molecular flexibility index (Phi) is 6.93. The van der Waals surface area contributed by atoms with E-state index in [-0.39, 0.29) is 6.42 Å². The molecule has 1 heterocycles. The van der Waals surface area contributed by atoms with Crippen LogP contribution in [0.2, 0.25) is 0 Å². The number of ether oxygens (including phenoxy) is 2. The zero-order chi connectivity index (χ0) is 19.8. The van der Waals surface area contributed by atoms with Gasteiger partial charge in [-0.3, -0.25) is 25.2 Å². The van der Waals surface area contributed by atoms with E-state index in [1.807, 2.05) is 13.8 Å². The van der Waals surface area contributed by atoms with Crippen LogP contribution in [0, 0.1) is 13.8 Å². The molecule has 144 valence electrons. The van der Waals surface area contributed by atoms with E-state index in [1.165, 1.54) is 6.92 Å². The first-order chi connectivity index (χ1) is 12.8. The highest BCUT2D eigenvalue weighted by Crippen LogP contribution is 2.18. The fourth-order valence-electron chi connectivity index (χ4n) is 2.12. The van der Waals surface area contributed by atoms with E-state index < -0.39 is 24.4 Å². The highest BCUT2D eigenvalue weighted by molar-refractivity contribution is 5.83. The largest absolute Gasteiger partial charge is 0.489 e. The second-order valence-electron chi connectivity index (χ2n) is 5.80. The Morgan fingerprint density at radius 2 is 1.81 bits per heavy atom. The number of benzene rings is 1. The van der Waals surface area contributed by atoms with Crippen molar-refractivity contribution < 1.29 is 28.4 Å². The number of hydrazine groups is 1. The van der Waals surface area contributed by atoms with Crippen molar-refractivity contribution in [2.75, 3.05) is 6.61 Å². The molecule has 2 amide bonds. The number of aromatic nitrogens is 1. The summed E-state index contributed by atoms with van der Waals surface area (Å²) < 4.78 is 15.6. The van der Waals surface area contributed by atoms with Gasteiger partial charge in [0, 0.05) is 6.92 Å². The van der Waals surface area contributed by atoms with Gasteiger partial charge in [-0.1, -0.05) is 17.3 Å². The van der Waals surface area contributed by atoms with Gasteiger partial charge in [-0.15, -0.1) is 0 Å². The Bertz CT molecular complexity index is 794. The van der Waals surface area contributed by atoms with E-state index in [4.69, 9.17) is 14.0 Å². The Hall–Kier alpha value is -3.36. The molecule has 1 aromatic carbocycles. The predicted octanol–water partition coefficient (Wildman–Crippen LogP) is 1.12. The number of aryl methyl sites for hydroxylation is 2. The second-order valence-corrected chi connectivity index (χ2v) is 5.80. The maximum atomic E-state index is 11.8. The van der Waals surface area contributed by atoms with E-state index in [2.05, 4.69) is 16.0 Å². The van der Waals surface area contributed by atoms with Crippen molar-refractivity contribution in [1.29, 1.82) is 0 Å². The van der Waals surface area contributed by atoms with Crippen LogP contribution in [-0.2, 0) is 32.1 Å². The molecule has 2 rings (SSSR count). The van der Waals surface area contributed by atoms with Crippen LogP contribution in [0.15, 0.2) is 28.8 Å². The zero-order valence-electron chi connectivity index (χ0n) is 15.3. The number of rotatable bonds is 7. The van der Waals surface area contributed by atoms with Crippen molar-refractivity contribution in [2.24, 2.45) is 0 Å². The monoisotopic (exact) mass is 375 g/mol. The van der Waals surface area contributed by atoms with Gasteiger partial charge in [0.25, 0.3) is 5.91 Å². The molecule has 0 saturated heterocycles. The number of nitrogens with zero attached hydrogens (tertiary/aromatic N) is 1. The minimum absolute atomic E-state index is 0.0115. The van der Waals surface area contributed by atoms with Crippen molar-refractivity contribution in [3.05, 3.63) is 46.8 Å². The van der Waals surface area contributed by atoms with Gasteiger partial charge in [-0.05, 0) is 31.5 Å². The van der Waals surface area contributed by atoms with Gasteiger partial charge in [0.2, 0.25) is 5.91 Å². The van der Waals surface area contributed by atoms with Gasteiger partial charge < -0.3 is 14.0 Å². The van der Waals surface area contributed by atoms with Gasteiger partial charge in [-0.25, -0.2) is 0 Å². The van der Waals surface area contributed by atoms with Gasteiger partial charge >= 0.3 is 5.97 Å². The van der Waals surface area contributed by atoms with Crippen LogP contribution in [0.3, 0.4) is 0 Å². The van der Waals surface area contributed by atoms with Crippen molar-refractivity contribution >= 4 is 17.8 Å². The molecule has 2 aromatic rings. The van der Waals surface area contributed by atoms with E-state index in [9.17, 15) is 14.4 Å². The standard InChI is InChI=1S/C18H21N3O6/c1-11-16(12(2)27-21-11)9-25-15-6-4-14(5-7-15)8-18(24)26-10-17(23)20-19-13(3)22/h4-7H,8-10H2,1-3H3,(H,19,22)(H,20,23). The summed E-state index contributed by atoms with van der Waals surface area (Å²) in [5.74, 6) is -0.249. The molecule has 0 saturated carbocycles. The van der Waals surface area contributed by atoms with Gasteiger partial charge in [-0.2, -0.15) is 0 Å². The Morgan fingerprint density at radius 1 is 1.11 bits per heavy atom. The van der Waals surface area contributed by atoms with Crippen LogP contribution in [0.1, 0.15) is 29.5 Å². The van der Waals surface area contributed by atoms with Gasteiger partial charge in [0.1, 0.15) is 18.1 Å². The van der Waals surface area contributed by atoms with Crippen molar-refractivity contribution in [2.45, 2.75) is 33.8 Å². The van der Waals surface area contributed by atoms with Crippen LogP contribution in [0.25, 0.3) is 0 Å². The molecule has 0 unspecified atom stereocenters. The summed E-state index contributed by atoms with van der Waals surface area (Å²) >= 11 is 0. The summed E-state index contributed by atoms with van der Waals surface area (Å²) in [5.41, 5.74) is 6.60. The molecular formula is C18H21N3O6. The maximum Gasteiger partial charge on any atom is 0.310 e. The third-order valence-electron chi connectivity index (χ3n) is 3.58. The van der Waals surface area contributed by atoms with Crippen molar-refractivity contribution in [3.8, 4) is 5.75 Å². The molecule has 0 spiro atoms. The highest BCUT2D eigenvalue weighted by Gasteiger charge is 2.11. The van der Waals surface area contributed by atoms with Crippen LogP contribution in [-0.4, -0.2) is 29.5 Å². The first-order valence-corrected chi connectivity index (χ1v) is 8.19. The molecule has 0 bridgehead atoms. The minimum atomic E-state index is -0.623. The maximum absolute atomic E-state index is 11.8. The Labute approximate surface area is 156 Å². The highest BCUT2D eigenvalue weighted by atomic mass is 16.5. The molecule has 0 atom stereocenters. The zero-order valence-corrected chi connectivity index (χ0v) is 15.3. The number of carbonyl (C=O) groups is 3. The second kappa shape index (κ2) is 9.37. The molecule has 1 aromatic heterocycles. The first-order valence-electron chi connectivity index (χ1n) is 8.19. The summed E-state index contributed by atoms with van der Waals surface area (Å²) in [6.07, 6.45) is 0.0115. The Balaban J connectivity index is 1.77. The molecular weight excluding hydrogens is 354 g/mol. The van der Waals surface area contributed by atoms with Crippen LogP contribution in [0.5, 0.6) is 5.75 Å². The SMILES string of the molecule is CC(=O)NNC(=O)COC(=O)Cc1ccc(OCc2c(C)noc2C)cc1. The van der Waals surface area contributed by atoms with Crippen LogP contribution in [0.4, 0.5) is 0 Å². The third kappa shape index (κ3) is 6.46. The quantitative estimate of drug-likeness (QED) is 0.550. The fraction of sp³-hybridized carbons (Fsp3) is 0.333. The van der Waals surface area contributed by atoms with Crippen molar-refractivity contribution in [3.63, 3.8) is 0 Å². The number of hydrogen-bond donors (Lipinski definition) is 2. The smallest absolute Gasteiger partial charge is 0.310 e. The Morgan fingerprint density at radius 3 is 2.41 bits per heavy atom. The number of carbonyl (C=O) groups excluding carboxylic acids is 3. The number of hydrogen-bond acceptors (Lipinski definition) is 7. The lowest BCUT2D eigenvalue weighted by Gasteiger charge is -2.08. The lowest BCUT2D eigenvalue weighted by atomic mass is 10.1. The number of amides is 2. The molecule has 2 N–H and O–H groups in total. The van der Waals surface area contributed by atoms with Gasteiger partial charge in [0.15, 0.2) is 6.61 Å².